The van der Waals surface area contributed by atoms with Gasteiger partial charge in [-0.05, 0) is 42.9 Å². The maximum Gasteiger partial charge on any atom is 0.329 e. The summed E-state index contributed by atoms with van der Waals surface area (Å²) in [5.74, 6) is 0.751. The number of carboxylic acids is 1. The minimum Gasteiger partial charge on any atom is -0.480 e. The van der Waals surface area contributed by atoms with Crippen LogP contribution in [0.15, 0.2) is 29.1 Å². The van der Waals surface area contributed by atoms with Crippen molar-refractivity contribution in [3.63, 3.8) is 0 Å². The Labute approximate surface area is 154 Å². The number of rotatable bonds is 6. The number of carbonyl (C=O) groups is 2. The van der Waals surface area contributed by atoms with Gasteiger partial charge in [0.25, 0.3) is 5.56 Å². The number of aromatic amines is 1. The minimum absolute atomic E-state index is 0.193. The fourth-order valence-electron chi connectivity index (χ4n) is 3.11. The van der Waals surface area contributed by atoms with Gasteiger partial charge in [-0.1, -0.05) is 12.1 Å². The van der Waals surface area contributed by atoms with E-state index in [1.165, 1.54) is 0 Å². The number of hydrogen-bond donors (Lipinski definition) is 3. The molecule has 1 saturated heterocycles. The number of H-pyrrole nitrogens is 1. The van der Waals surface area contributed by atoms with E-state index in [2.05, 4.69) is 15.3 Å². The fraction of sp³-hybridized carbons (Fsp3) is 0.444. The van der Waals surface area contributed by atoms with Gasteiger partial charge in [0.15, 0.2) is 0 Å². The highest BCUT2D eigenvalue weighted by molar-refractivity contribution is 7.99. The first-order chi connectivity index (χ1) is 12.5. The Morgan fingerprint density at radius 1 is 1.27 bits per heavy atom. The number of carboxylic acid groups (broad SMARTS) is 1. The summed E-state index contributed by atoms with van der Waals surface area (Å²) in [5, 5.41) is 12.7. The largest absolute Gasteiger partial charge is 0.480 e. The number of thioether (sulfide) groups is 1. The van der Waals surface area contributed by atoms with E-state index in [1.807, 2.05) is 6.07 Å². The summed E-state index contributed by atoms with van der Waals surface area (Å²) < 4.78 is 0. The molecule has 0 saturated carbocycles. The van der Waals surface area contributed by atoms with Crippen LogP contribution in [-0.2, 0) is 16.0 Å². The Kier molecular flexibility index (Phi) is 5.61. The molecule has 0 unspecified atom stereocenters. The molecular formula is C18H21N3O4S. The van der Waals surface area contributed by atoms with E-state index in [1.54, 1.807) is 30.0 Å². The summed E-state index contributed by atoms with van der Waals surface area (Å²) in [6.07, 6.45) is 2.01. The van der Waals surface area contributed by atoms with Gasteiger partial charge in [-0.15, -0.1) is 0 Å². The quantitative estimate of drug-likeness (QED) is 0.709. The summed E-state index contributed by atoms with van der Waals surface area (Å²) >= 11 is 1.70. The molecule has 0 spiro atoms. The molecule has 8 heteroatoms. The predicted molar refractivity (Wildman–Crippen MR) is 100 cm³/mol. The summed E-state index contributed by atoms with van der Waals surface area (Å²) in [7, 11) is 0. The smallest absolute Gasteiger partial charge is 0.329 e. The van der Waals surface area contributed by atoms with Crippen molar-refractivity contribution in [2.45, 2.75) is 37.6 Å². The van der Waals surface area contributed by atoms with Crippen LogP contribution in [0.2, 0.25) is 0 Å². The predicted octanol–water partition coefficient (Wildman–Crippen LogP) is 1.71. The van der Waals surface area contributed by atoms with Crippen LogP contribution in [0, 0.1) is 0 Å². The molecule has 1 aliphatic heterocycles. The van der Waals surface area contributed by atoms with Gasteiger partial charge in [0.1, 0.15) is 11.4 Å². The van der Waals surface area contributed by atoms with Crippen LogP contribution >= 0.6 is 11.8 Å². The van der Waals surface area contributed by atoms with Gasteiger partial charge in [0.2, 0.25) is 5.91 Å². The molecule has 2 heterocycles. The van der Waals surface area contributed by atoms with Crippen LogP contribution in [0.1, 0.15) is 31.5 Å². The van der Waals surface area contributed by atoms with Gasteiger partial charge in [0.05, 0.1) is 10.9 Å². The van der Waals surface area contributed by atoms with Gasteiger partial charge in [0, 0.05) is 12.8 Å². The number of aryl methyl sites for hydroxylation is 1. The average molecular weight is 375 g/mol. The molecule has 1 fully saturated rings. The van der Waals surface area contributed by atoms with Crippen LogP contribution in [0.5, 0.6) is 0 Å². The molecule has 0 bridgehead atoms. The average Bonchev–Trinajstić information content (AvgIpc) is 2.62. The molecule has 26 heavy (non-hydrogen) atoms. The highest BCUT2D eigenvalue weighted by atomic mass is 32.2. The van der Waals surface area contributed by atoms with Crippen LogP contribution in [-0.4, -0.2) is 44.0 Å². The standard InChI is InChI=1S/C18H21N3O4S/c22-15(21-18(17(24)25)8-10-26-11-9-18)7-3-6-14-19-13-5-2-1-4-12(13)16(23)20-14/h1-2,4-5H,3,6-11H2,(H,21,22)(H,24,25)(H,19,20,23). The lowest BCUT2D eigenvalue weighted by molar-refractivity contribution is -0.148. The monoisotopic (exact) mass is 375 g/mol. The lowest BCUT2D eigenvalue weighted by atomic mass is 9.92. The Morgan fingerprint density at radius 2 is 2.00 bits per heavy atom. The molecule has 0 radical (unpaired) electrons. The van der Waals surface area contributed by atoms with Gasteiger partial charge in [-0.2, -0.15) is 11.8 Å². The maximum atomic E-state index is 12.2. The lowest BCUT2D eigenvalue weighted by Crippen LogP contribution is -2.56. The van der Waals surface area contributed by atoms with Crippen molar-refractivity contribution >= 4 is 34.5 Å². The summed E-state index contributed by atoms with van der Waals surface area (Å²) in [6.45, 7) is 0. The highest BCUT2D eigenvalue weighted by Crippen LogP contribution is 2.27. The number of carbonyl (C=O) groups excluding carboxylic acids is 1. The first-order valence-electron chi connectivity index (χ1n) is 8.60. The van der Waals surface area contributed by atoms with Gasteiger partial charge >= 0.3 is 5.97 Å². The highest BCUT2D eigenvalue weighted by Gasteiger charge is 2.41. The van der Waals surface area contributed by atoms with Crippen LogP contribution < -0.4 is 10.9 Å². The zero-order chi connectivity index (χ0) is 18.6. The number of fused-ring (bicyclic) bond motifs is 1. The fourth-order valence-corrected chi connectivity index (χ4v) is 4.30. The van der Waals surface area contributed by atoms with Crippen LogP contribution in [0.4, 0.5) is 0 Å². The van der Waals surface area contributed by atoms with E-state index in [-0.39, 0.29) is 17.9 Å². The number of amides is 1. The van der Waals surface area contributed by atoms with Crippen LogP contribution in [0.3, 0.4) is 0 Å². The van der Waals surface area contributed by atoms with E-state index >= 15 is 0 Å². The summed E-state index contributed by atoms with van der Waals surface area (Å²) in [5.41, 5.74) is -0.711. The van der Waals surface area contributed by atoms with Crippen molar-refractivity contribution in [3.05, 3.63) is 40.4 Å². The lowest BCUT2D eigenvalue weighted by Gasteiger charge is -2.33. The first-order valence-corrected chi connectivity index (χ1v) is 9.76. The molecule has 1 aromatic carbocycles. The Balaban J connectivity index is 1.58. The van der Waals surface area contributed by atoms with Gasteiger partial charge in [-0.3, -0.25) is 9.59 Å². The number of hydrogen-bond acceptors (Lipinski definition) is 5. The van der Waals surface area contributed by atoms with Crippen LogP contribution in [0.25, 0.3) is 10.9 Å². The third-order valence-corrected chi connectivity index (χ3v) is 5.60. The maximum absolute atomic E-state index is 12.2. The van der Waals surface area contributed by atoms with E-state index < -0.39 is 11.5 Å². The van der Waals surface area contributed by atoms with Crippen molar-refractivity contribution in [2.24, 2.45) is 0 Å². The molecule has 1 amide bonds. The van der Waals surface area contributed by atoms with Crippen molar-refractivity contribution in [3.8, 4) is 0 Å². The number of aliphatic carboxylic acids is 1. The van der Waals surface area contributed by atoms with Crippen molar-refractivity contribution < 1.29 is 14.7 Å². The Hall–Kier alpha value is -2.35. The second-order valence-corrected chi connectivity index (χ2v) is 7.66. The molecule has 1 aromatic heterocycles. The Bertz CT molecular complexity index is 874. The minimum atomic E-state index is -1.14. The number of nitrogens with one attached hydrogen (secondary N) is 2. The third-order valence-electron chi connectivity index (χ3n) is 4.61. The molecule has 3 rings (SSSR count). The first kappa shape index (κ1) is 18.4. The normalized spacial score (nSPS) is 16.3. The number of para-hydroxylation sites is 1. The summed E-state index contributed by atoms with van der Waals surface area (Å²) in [6, 6.07) is 7.09. The molecular weight excluding hydrogens is 354 g/mol. The Morgan fingerprint density at radius 3 is 2.73 bits per heavy atom. The SMILES string of the molecule is O=C(CCCc1nc2ccccc2c(=O)[nH]1)NC1(C(=O)O)CCSCC1. The molecule has 2 aromatic rings. The zero-order valence-electron chi connectivity index (χ0n) is 14.3. The molecule has 0 aliphatic carbocycles. The zero-order valence-corrected chi connectivity index (χ0v) is 15.1. The molecule has 3 N–H and O–H groups in total. The van der Waals surface area contributed by atoms with E-state index in [4.69, 9.17) is 0 Å². The summed E-state index contributed by atoms with van der Waals surface area (Å²) in [4.78, 5) is 43.0. The number of aromatic nitrogens is 2. The van der Waals surface area contributed by atoms with E-state index in [0.29, 0.717) is 42.4 Å². The van der Waals surface area contributed by atoms with E-state index in [9.17, 15) is 19.5 Å². The van der Waals surface area contributed by atoms with Crippen molar-refractivity contribution in [1.82, 2.24) is 15.3 Å². The second kappa shape index (κ2) is 7.90. The molecule has 1 aliphatic rings. The topological polar surface area (TPSA) is 112 Å². The second-order valence-electron chi connectivity index (χ2n) is 6.43. The number of benzene rings is 1. The van der Waals surface area contributed by atoms with Crippen molar-refractivity contribution in [2.75, 3.05) is 11.5 Å². The van der Waals surface area contributed by atoms with Crippen molar-refractivity contribution in [1.29, 1.82) is 0 Å². The van der Waals surface area contributed by atoms with Gasteiger partial charge < -0.3 is 15.4 Å². The molecule has 138 valence electrons. The molecule has 0 atom stereocenters. The number of nitrogens with zero attached hydrogens (tertiary/aromatic N) is 1. The van der Waals surface area contributed by atoms with E-state index in [0.717, 1.165) is 11.5 Å². The third kappa shape index (κ3) is 4.07. The van der Waals surface area contributed by atoms with Gasteiger partial charge in [-0.25, -0.2) is 9.78 Å². The molecule has 7 nitrogen and oxygen atoms in total.